The fraction of sp³-hybridized carbons (Fsp3) is 0.214. The normalized spacial score (nSPS) is 11.7. The Bertz CT molecular complexity index is 1300. The Morgan fingerprint density at radius 3 is 2.31 bits per heavy atom. The number of carbonyl (C=O) groups is 1. The van der Waals surface area contributed by atoms with E-state index in [4.69, 9.17) is 0 Å². The quantitative estimate of drug-likeness (QED) is 0.205. The summed E-state index contributed by atoms with van der Waals surface area (Å²) in [6, 6.07) is 26.2. The van der Waals surface area contributed by atoms with E-state index in [2.05, 4.69) is 60.6 Å². The number of nitrogens with one attached hydrogen (secondary N) is 1. The first-order valence-electron chi connectivity index (χ1n) is 11.4. The van der Waals surface area contributed by atoms with Crippen LogP contribution >= 0.6 is 11.8 Å². The molecule has 1 aromatic heterocycles. The molecule has 0 radical (unpaired) electrons. The maximum atomic E-state index is 12.5. The minimum absolute atomic E-state index is 0.0980. The number of hydrogen-bond acceptors (Lipinski definition) is 5. The van der Waals surface area contributed by atoms with Gasteiger partial charge in [0.25, 0.3) is 5.91 Å². The van der Waals surface area contributed by atoms with Crippen LogP contribution in [0.15, 0.2) is 89.1 Å². The zero-order valence-electron chi connectivity index (χ0n) is 20.4. The molecule has 3 aromatic carbocycles. The van der Waals surface area contributed by atoms with Crippen LogP contribution in [0, 0.1) is 6.92 Å². The van der Waals surface area contributed by atoms with Crippen molar-refractivity contribution in [3.63, 3.8) is 0 Å². The van der Waals surface area contributed by atoms with Crippen molar-refractivity contribution in [3.8, 4) is 17.1 Å². The van der Waals surface area contributed by atoms with Crippen molar-refractivity contribution in [1.82, 2.24) is 20.2 Å². The summed E-state index contributed by atoms with van der Waals surface area (Å²) in [7, 11) is 0. The second-order valence-electron chi connectivity index (χ2n) is 9.30. The van der Waals surface area contributed by atoms with Crippen molar-refractivity contribution in [2.24, 2.45) is 5.10 Å². The summed E-state index contributed by atoms with van der Waals surface area (Å²) < 4.78 is 1.97. The Morgan fingerprint density at radius 2 is 1.66 bits per heavy atom. The number of amides is 1. The standard InChI is InChI=1S/C28H29N5OS/c1-20-10-14-22(15-11-20)26-31-32-27(33(26)24-8-6-5-7-9-24)35-19-25(34)30-29-18-21-12-16-23(17-13-21)28(2,3)4/h5-18H,19H2,1-4H3,(H,30,34). The minimum Gasteiger partial charge on any atom is -0.272 e. The average Bonchev–Trinajstić information content (AvgIpc) is 3.27. The van der Waals surface area contributed by atoms with Gasteiger partial charge in [-0.3, -0.25) is 9.36 Å². The predicted molar refractivity (Wildman–Crippen MR) is 143 cm³/mol. The van der Waals surface area contributed by atoms with Gasteiger partial charge in [0.15, 0.2) is 11.0 Å². The molecule has 0 saturated carbocycles. The summed E-state index contributed by atoms with van der Waals surface area (Å²) in [4.78, 5) is 12.5. The van der Waals surface area contributed by atoms with Crippen molar-refractivity contribution in [3.05, 3.63) is 95.6 Å². The largest absolute Gasteiger partial charge is 0.272 e. The number of rotatable bonds is 7. The number of hydrazone groups is 1. The van der Waals surface area contributed by atoms with Crippen molar-refractivity contribution in [1.29, 1.82) is 0 Å². The molecule has 0 aliphatic rings. The molecule has 0 spiro atoms. The molecule has 178 valence electrons. The van der Waals surface area contributed by atoms with Gasteiger partial charge in [-0.2, -0.15) is 5.10 Å². The van der Waals surface area contributed by atoms with E-state index in [9.17, 15) is 4.79 Å². The van der Waals surface area contributed by atoms with E-state index in [1.807, 2.05) is 71.3 Å². The molecule has 0 bridgehead atoms. The molecule has 35 heavy (non-hydrogen) atoms. The molecule has 0 saturated heterocycles. The van der Waals surface area contributed by atoms with Crippen molar-refractivity contribution in [2.75, 3.05) is 5.75 Å². The van der Waals surface area contributed by atoms with Crippen LogP contribution in [-0.4, -0.2) is 32.6 Å². The van der Waals surface area contributed by atoms with E-state index in [0.29, 0.717) is 5.16 Å². The summed E-state index contributed by atoms with van der Waals surface area (Å²) >= 11 is 1.32. The number of carbonyl (C=O) groups excluding carboxylic acids is 1. The molecule has 1 amide bonds. The monoisotopic (exact) mass is 483 g/mol. The number of hydrogen-bond donors (Lipinski definition) is 1. The molecule has 1 N–H and O–H groups in total. The fourth-order valence-corrected chi connectivity index (χ4v) is 4.22. The first-order valence-corrected chi connectivity index (χ1v) is 12.4. The molecular weight excluding hydrogens is 454 g/mol. The highest BCUT2D eigenvalue weighted by Crippen LogP contribution is 2.28. The Balaban J connectivity index is 1.44. The topological polar surface area (TPSA) is 72.2 Å². The van der Waals surface area contributed by atoms with Crippen LogP contribution in [0.1, 0.15) is 37.5 Å². The van der Waals surface area contributed by atoms with Gasteiger partial charge >= 0.3 is 0 Å². The first-order chi connectivity index (χ1) is 16.8. The third-order valence-corrected chi connectivity index (χ3v) is 6.40. The van der Waals surface area contributed by atoms with E-state index in [0.717, 1.165) is 22.6 Å². The average molecular weight is 484 g/mol. The van der Waals surface area contributed by atoms with Crippen LogP contribution in [0.3, 0.4) is 0 Å². The van der Waals surface area contributed by atoms with E-state index in [1.165, 1.54) is 22.9 Å². The Hall–Kier alpha value is -3.71. The molecular formula is C28H29N5OS. The van der Waals surface area contributed by atoms with Crippen LogP contribution in [0.4, 0.5) is 0 Å². The van der Waals surface area contributed by atoms with E-state index in [-0.39, 0.29) is 17.1 Å². The lowest BCUT2D eigenvalue weighted by molar-refractivity contribution is -0.118. The molecule has 0 aliphatic carbocycles. The lowest BCUT2D eigenvalue weighted by Crippen LogP contribution is -2.20. The number of aryl methyl sites for hydroxylation is 1. The van der Waals surface area contributed by atoms with Crippen LogP contribution in [0.5, 0.6) is 0 Å². The molecule has 0 unspecified atom stereocenters. The number of thioether (sulfide) groups is 1. The minimum atomic E-state index is -0.211. The van der Waals surface area contributed by atoms with Crippen molar-refractivity contribution < 1.29 is 4.79 Å². The molecule has 4 rings (SSSR count). The molecule has 6 nitrogen and oxygen atoms in total. The summed E-state index contributed by atoms with van der Waals surface area (Å²) in [6.45, 7) is 8.58. The number of nitrogens with zero attached hydrogens (tertiary/aromatic N) is 4. The second-order valence-corrected chi connectivity index (χ2v) is 10.2. The zero-order chi connectivity index (χ0) is 24.8. The van der Waals surface area contributed by atoms with Crippen LogP contribution < -0.4 is 5.43 Å². The van der Waals surface area contributed by atoms with Crippen LogP contribution in [0.25, 0.3) is 17.1 Å². The van der Waals surface area contributed by atoms with Gasteiger partial charge in [-0.15, -0.1) is 10.2 Å². The zero-order valence-corrected chi connectivity index (χ0v) is 21.2. The van der Waals surface area contributed by atoms with E-state index < -0.39 is 0 Å². The third kappa shape index (κ3) is 6.25. The molecule has 4 aromatic rings. The Morgan fingerprint density at radius 1 is 0.971 bits per heavy atom. The fourth-order valence-electron chi connectivity index (χ4n) is 3.47. The Labute approximate surface area is 210 Å². The highest BCUT2D eigenvalue weighted by molar-refractivity contribution is 7.99. The van der Waals surface area contributed by atoms with E-state index in [1.54, 1.807) is 6.21 Å². The van der Waals surface area contributed by atoms with Crippen molar-refractivity contribution in [2.45, 2.75) is 38.3 Å². The van der Waals surface area contributed by atoms with Crippen LogP contribution in [0.2, 0.25) is 0 Å². The van der Waals surface area contributed by atoms with Gasteiger partial charge in [0, 0.05) is 11.3 Å². The lowest BCUT2D eigenvalue weighted by atomic mass is 9.87. The van der Waals surface area contributed by atoms with Gasteiger partial charge in [0.2, 0.25) is 0 Å². The summed E-state index contributed by atoms with van der Waals surface area (Å²) in [5.41, 5.74) is 7.96. The number of aromatic nitrogens is 3. The summed E-state index contributed by atoms with van der Waals surface area (Å²) in [5.74, 6) is 0.687. The first kappa shape index (κ1) is 24.4. The maximum absolute atomic E-state index is 12.5. The van der Waals surface area contributed by atoms with Crippen LogP contribution in [-0.2, 0) is 10.2 Å². The van der Waals surface area contributed by atoms with Crippen molar-refractivity contribution >= 4 is 23.9 Å². The molecule has 0 aliphatic heterocycles. The Kier molecular flexibility index (Phi) is 7.46. The molecule has 7 heteroatoms. The SMILES string of the molecule is Cc1ccc(-c2nnc(SCC(=O)NN=Cc3ccc(C(C)(C)C)cc3)n2-c2ccccc2)cc1. The summed E-state index contributed by atoms with van der Waals surface area (Å²) in [6.07, 6.45) is 1.65. The summed E-state index contributed by atoms with van der Waals surface area (Å²) in [5, 5.41) is 13.6. The predicted octanol–water partition coefficient (Wildman–Crippen LogP) is 5.78. The van der Waals surface area contributed by atoms with Gasteiger partial charge in [0.1, 0.15) is 0 Å². The molecule has 0 atom stereocenters. The van der Waals surface area contributed by atoms with Gasteiger partial charge < -0.3 is 0 Å². The molecule has 0 fully saturated rings. The number of para-hydroxylation sites is 1. The van der Waals surface area contributed by atoms with Gasteiger partial charge in [-0.25, -0.2) is 5.43 Å². The smallest absolute Gasteiger partial charge is 0.250 e. The lowest BCUT2D eigenvalue weighted by Gasteiger charge is -2.18. The highest BCUT2D eigenvalue weighted by Gasteiger charge is 2.17. The second kappa shape index (κ2) is 10.7. The van der Waals surface area contributed by atoms with Gasteiger partial charge in [-0.05, 0) is 35.6 Å². The van der Waals surface area contributed by atoms with Gasteiger partial charge in [-0.1, -0.05) is 105 Å². The third-order valence-electron chi connectivity index (χ3n) is 5.47. The highest BCUT2D eigenvalue weighted by atomic mass is 32.2. The maximum Gasteiger partial charge on any atom is 0.250 e. The van der Waals surface area contributed by atoms with E-state index >= 15 is 0 Å². The molecule has 1 heterocycles. The number of benzene rings is 3. The van der Waals surface area contributed by atoms with Gasteiger partial charge in [0.05, 0.1) is 12.0 Å².